The number of nitrogens with zero attached hydrogens (tertiary/aromatic N) is 1. The molecule has 186 valence electrons. The molecule has 3 aromatic rings. The second-order valence-corrected chi connectivity index (χ2v) is 9.22. The minimum Gasteiger partial charge on any atom is -0.463 e. The normalized spacial score (nSPS) is 14.0. The Morgan fingerprint density at radius 1 is 0.944 bits per heavy atom. The highest BCUT2D eigenvalue weighted by molar-refractivity contribution is 7.13. The van der Waals surface area contributed by atoms with Gasteiger partial charge in [-0.2, -0.15) is 0 Å². The van der Waals surface area contributed by atoms with Crippen LogP contribution in [0.25, 0.3) is 21.8 Å². The van der Waals surface area contributed by atoms with Crippen LogP contribution in [0.1, 0.15) is 39.2 Å². The molecular weight excluding hydrogens is 474 g/mol. The molecule has 0 aliphatic carbocycles. The van der Waals surface area contributed by atoms with Crippen LogP contribution in [-0.4, -0.2) is 30.1 Å². The fourth-order valence-corrected chi connectivity index (χ4v) is 5.20. The number of nitrogen functional groups attached to an aromatic ring is 1. The Hall–Kier alpha value is -3.91. The minimum atomic E-state index is -0.641. The van der Waals surface area contributed by atoms with Crippen LogP contribution in [-0.2, 0) is 19.1 Å². The van der Waals surface area contributed by atoms with E-state index in [1.807, 2.05) is 67.8 Å². The van der Waals surface area contributed by atoms with Gasteiger partial charge in [-0.1, -0.05) is 30.3 Å². The zero-order valence-electron chi connectivity index (χ0n) is 20.8. The van der Waals surface area contributed by atoms with Crippen molar-refractivity contribution >= 4 is 29.0 Å². The average Bonchev–Trinajstić information content (AvgIpc) is 3.34. The lowest BCUT2D eigenvalue weighted by Crippen LogP contribution is -2.32. The van der Waals surface area contributed by atoms with Crippen LogP contribution in [0.3, 0.4) is 0 Å². The molecule has 0 unspecified atom stereocenters. The first-order valence-electron chi connectivity index (χ1n) is 11.8. The zero-order chi connectivity index (χ0) is 25.8. The summed E-state index contributed by atoms with van der Waals surface area (Å²) in [5.74, 6) is -1.58. The van der Waals surface area contributed by atoms with Gasteiger partial charge in [-0.25, -0.2) is 14.6 Å². The van der Waals surface area contributed by atoms with Crippen LogP contribution in [0.5, 0.6) is 0 Å². The molecule has 36 heavy (non-hydrogen) atoms. The van der Waals surface area contributed by atoms with Crippen molar-refractivity contribution in [1.82, 2.24) is 10.3 Å². The molecule has 0 saturated carbocycles. The summed E-state index contributed by atoms with van der Waals surface area (Å²) in [5.41, 5.74) is 12.1. The fraction of sp³-hybridized carbons (Fsp3) is 0.250. The van der Waals surface area contributed by atoms with E-state index in [-0.39, 0.29) is 13.2 Å². The fourth-order valence-electron chi connectivity index (χ4n) is 4.37. The molecular formula is C28H29N3O4S. The molecule has 2 aromatic carbocycles. The summed E-state index contributed by atoms with van der Waals surface area (Å²) in [6, 6.07) is 15.4. The Bertz CT molecular complexity index is 1330. The molecule has 0 amide bonds. The third-order valence-corrected chi connectivity index (χ3v) is 6.80. The summed E-state index contributed by atoms with van der Waals surface area (Å²) in [6.07, 6.45) is 0. The van der Waals surface area contributed by atoms with Gasteiger partial charge in [0.15, 0.2) is 0 Å². The first-order valence-corrected chi connectivity index (χ1v) is 12.7. The number of aromatic nitrogens is 1. The summed E-state index contributed by atoms with van der Waals surface area (Å²) in [4.78, 5) is 30.9. The number of esters is 2. The maximum absolute atomic E-state index is 13.1. The number of allylic oxidation sites excluding steroid dienone is 2. The average molecular weight is 504 g/mol. The van der Waals surface area contributed by atoms with E-state index in [2.05, 4.69) is 5.32 Å². The maximum atomic E-state index is 13.1. The van der Waals surface area contributed by atoms with Crippen LogP contribution in [0.4, 0.5) is 5.69 Å². The number of nitrogens with one attached hydrogen (secondary N) is 1. The summed E-state index contributed by atoms with van der Waals surface area (Å²) < 4.78 is 10.7. The van der Waals surface area contributed by atoms with Crippen molar-refractivity contribution in [2.45, 2.75) is 33.6 Å². The largest absolute Gasteiger partial charge is 0.463 e. The van der Waals surface area contributed by atoms with Crippen LogP contribution < -0.4 is 11.1 Å². The Labute approximate surface area is 214 Å². The number of dihydropyridines is 1. The molecule has 3 N–H and O–H groups in total. The number of nitrogens with two attached hydrogens (primary N) is 1. The van der Waals surface area contributed by atoms with Gasteiger partial charge >= 0.3 is 11.9 Å². The van der Waals surface area contributed by atoms with E-state index in [0.29, 0.717) is 28.2 Å². The molecule has 1 aliphatic rings. The van der Waals surface area contributed by atoms with E-state index in [4.69, 9.17) is 20.2 Å². The van der Waals surface area contributed by atoms with E-state index < -0.39 is 17.9 Å². The lowest BCUT2D eigenvalue weighted by Gasteiger charge is -2.30. The van der Waals surface area contributed by atoms with E-state index in [9.17, 15) is 9.59 Å². The number of carbonyl (C=O) groups is 2. The van der Waals surface area contributed by atoms with Gasteiger partial charge in [-0.3, -0.25) is 0 Å². The zero-order valence-corrected chi connectivity index (χ0v) is 21.6. The van der Waals surface area contributed by atoms with Crippen molar-refractivity contribution < 1.29 is 19.1 Å². The first-order chi connectivity index (χ1) is 17.3. The van der Waals surface area contributed by atoms with Crippen molar-refractivity contribution in [1.29, 1.82) is 0 Å². The van der Waals surface area contributed by atoms with E-state index in [0.717, 1.165) is 27.4 Å². The highest BCUT2D eigenvalue weighted by atomic mass is 32.1. The third kappa shape index (κ3) is 5.04. The topological polar surface area (TPSA) is 104 Å². The molecule has 1 aromatic heterocycles. The molecule has 2 heterocycles. The lowest BCUT2D eigenvalue weighted by molar-refractivity contribution is -0.139. The first kappa shape index (κ1) is 25.2. The molecule has 0 atom stereocenters. The monoisotopic (exact) mass is 503 g/mol. The molecule has 0 fully saturated rings. The highest BCUT2D eigenvalue weighted by Crippen LogP contribution is 2.41. The van der Waals surface area contributed by atoms with Gasteiger partial charge < -0.3 is 20.5 Å². The van der Waals surface area contributed by atoms with Gasteiger partial charge in [0.1, 0.15) is 5.01 Å². The van der Waals surface area contributed by atoms with Crippen LogP contribution in [0.2, 0.25) is 0 Å². The molecule has 8 heteroatoms. The maximum Gasteiger partial charge on any atom is 0.336 e. The predicted molar refractivity (Wildman–Crippen MR) is 142 cm³/mol. The smallest absolute Gasteiger partial charge is 0.336 e. The quantitative estimate of drug-likeness (QED) is 0.328. The molecule has 7 nitrogen and oxygen atoms in total. The van der Waals surface area contributed by atoms with Crippen molar-refractivity contribution in [3.8, 4) is 21.8 Å². The number of hydrogen-bond donors (Lipinski definition) is 2. The van der Waals surface area contributed by atoms with E-state index >= 15 is 0 Å². The number of hydrogen-bond acceptors (Lipinski definition) is 8. The molecule has 0 radical (unpaired) electrons. The van der Waals surface area contributed by atoms with Gasteiger partial charge in [-0.05, 0) is 51.5 Å². The highest BCUT2D eigenvalue weighted by Gasteiger charge is 2.38. The van der Waals surface area contributed by atoms with E-state index in [1.54, 1.807) is 13.8 Å². The number of benzene rings is 2. The Morgan fingerprint density at radius 2 is 1.56 bits per heavy atom. The minimum absolute atomic E-state index is 0.228. The molecule has 1 aliphatic heterocycles. The standard InChI is InChI=1S/C28H29N3O4S/c1-5-34-27(32)23-16(3)30-17(4)24(28(33)35-6-2)25(23)19-10-7-11-20(13-19)26-31-22(15-36-26)18-9-8-12-21(29)14-18/h7-15,25,30H,5-6,29H2,1-4H3. The van der Waals surface area contributed by atoms with Gasteiger partial charge in [-0.15, -0.1) is 11.3 Å². The summed E-state index contributed by atoms with van der Waals surface area (Å²) in [6.45, 7) is 7.60. The summed E-state index contributed by atoms with van der Waals surface area (Å²) >= 11 is 1.52. The van der Waals surface area contributed by atoms with Crippen molar-refractivity contribution in [3.63, 3.8) is 0 Å². The Balaban J connectivity index is 1.79. The number of anilines is 1. The SMILES string of the molecule is CCOC(=O)C1=C(C)NC(C)=C(C(=O)OCC)C1c1cccc(-c2nc(-c3cccc(N)c3)cs2)c1. The van der Waals surface area contributed by atoms with Gasteiger partial charge in [0.25, 0.3) is 0 Å². The lowest BCUT2D eigenvalue weighted by atomic mass is 9.80. The number of rotatable bonds is 7. The molecule has 0 saturated heterocycles. The molecule has 0 spiro atoms. The third-order valence-electron chi connectivity index (χ3n) is 5.90. The van der Waals surface area contributed by atoms with Crippen LogP contribution in [0, 0.1) is 0 Å². The molecule has 0 bridgehead atoms. The van der Waals surface area contributed by atoms with Crippen LogP contribution >= 0.6 is 11.3 Å². The number of thiazole rings is 1. The number of ether oxygens (including phenoxy) is 2. The van der Waals surface area contributed by atoms with Crippen molar-refractivity contribution in [2.24, 2.45) is 0 Å². The second kappa shape index (κ2) is 10.8. The van der Waals surface area contributed by atoms with Crippen molar-refractivity contribution in [2.75, 3.05) is 18.9 Å². The van der Waals surface area contributed by atoms with Gasteiger partial charge in [0.05, 0.1) is 36.0 Å². The summed E-state index contributed by atoms with van der Waals surface area (Å²) in [7, 11) is 0. The van der Waals surface area contributed by atoms with Crippen LogP contribution in [0.15, 0.2) is 76.5 Å². The molecule has 4 rings (SSSR count). The predicted octanol–water partition coefficient (Wildman–Crippen LogP) is 5.42. The van der Waals surface area contributed by atoms with Gasteiger partial charge in [0.2, 0.25) is 0 Å². The second-order valence-electron chi connectivity index (χ2n) is 8.37. The number of carbonyl (C=O) groups excluding carboxylic acids is 2. The summed E-state index contributed by atoms with van der Waals surface area (Å²) in [5, 5.41) is 5.98. The Morgan fingerprint density at radius 3 is 2.17 bits per heavy atom. The van der Waals surface area contributed by atoms with E-state index in [1.165, 1.54) is 11.3 Å². The Kier molecular flexibility index (Phi) is 7.55. The van der Waals surface area contributed by atoms with Crippen molar-refractivity contribution in [3.05, 3.63) is 82.0 Å². The van der Waals surface area contributed by atoms with Gasteiger partial charge in [0, 0.05) is 33.6 Å².